The number of ether oxygens (including phenoxy) is 1. The molecule has 0 aliphatic carbocycles. The number of hydrogen-bond acceptors (Lipinski definition) is 3. The van der Waals surface area contributed by atoms with E-state index in [0.29, 0.717) is 16.4 Å². The Morgan fingerprint density at radius 3 is 2.59 bits per heavy atom. The number of nitrogens with one attached hydrogen (secondary N) is 2. The molecule has 0 radical (unpaired) electrons. The lowest BCUT2D eigenvalue weighted by molar-refractivity contribution is 0.300. The Labute approximate surface area is 162 Å². The molecule has 0 fully saturated rings. The molecule has 6 heteroatoms. The first-order chi connectivity index (χ1) is 13.2. The molecule has 0 atom stereocenters. The fraction of sp³-hybridized carbons (Fsp3) is 0.0476. The van der Waals surface area contributed by atoms with Crippen LogP contribution in [0.1, 0.15) is 11.1 Å². The van der Waals surface area contributed by atoms with Crippen molar-refractivity contribution in [3.63, 3.8) is 0 Å². The molecule has 4 nitrogen and oxygen atoms in total. The van der Waals surface area contributed by atoms with E-state index in [1.54, 1.807) is 24.4 Å². The highest BCUT2D eigenvalue weighted by Gasteiger charge is 2.02. The summed E-state index contributed by atoms with van der Waals surface area (Å²) in [4.78, 5) is 0. The van der Waals surface area contributed by atoms with Crippen molar-refractivity contribution in [1.29, 1.82) is 0 Å². The van der Waals surface area contributed by atoms with Gasteiger partial charge in [-0.05, 0) is 48.1 Å². The predicted molar refractivity (Wildman–Crippen MR) is 111 cm³/mol. The van der Waals surface area contributed by atoms with Crippen molar-refractivity contribution in [3.05, 3.63) is 95.8 Å². The number of thiocarbonyl (C=S) groups is 1. The predicted octanol–water partition coefficient (Wildman–Crippen LogP) is 4.73. The molecule has 3 aromatic rings. The minimum atomic E-state index is -0.279. The summed E-state index contributed by atoms with van der Waals surface area (Å²) in [6, 6.07) is 23.5. The van der Waals surface area contributed by atoms with Gasteiger partial charge in [-0.2, -0.15) is 5.10 Å². The molecule has 0 saturated carbocycles. The summed E-state index contributed by atoms with van der Waals surface area (Å²) in [6.45, 7) is 0.163. The number of rotatable bonds is 6. The second-order valence-electron chi connectivity index (χ2n) is 5.64. The van der Waals surface area contributed by atoms with Gasteiger partial charge in [-0.1, -0.05) is 48.5 Å². The van der Waals surface area contributed by atoms with Crippen molar-refractivity contribution >= 4 is 29.2 Å². The van der Waals surface area contributed by atoms with Gasteiger partial charge in [-0.15, -0.1) is 0 Å². The summed E-state index contributed by atoms with van der Waals surface area (Å²) in [6.07, 6.45) is 1.63. The third-order valence-corrected chi connectivity index (χ3v) is 3.81. The molecule has 0 saturated heterocycles. The van der Waals surface area contributed by atoms with Crippen LogP contribution >= 0.6 is 12.2 Å². The molecule has 3 rings (SSSR count). The van der Waals surface area contributed by atoms with Gasteiger partial charge < -0.3 is 10.1 Å². The topological polar surface area (TPSA) is 45.6 Å². The van der Waals surface area contributed by atoms with E-state index in [1.807, 2.05) is 54.6 Å². The van der Waals surface area contributed by atoms with E-state index in [4.69, 9.17) is 17.0 Å². The molecule has 3 aromatic carbocycles. The van der Waals surface area contributed by atoms with Gasteiger partial charge in [0, 0.05) is 11.3 Å². The van der Waals surface area contributed by atoms with Gasteiger partial charge in [0.15, 0.2) is 5.11 Å². The van der Waals surface area contributed by atoms with Crippen LogP contribution in [0.25, 0.3) is 0 Å². The molecule has 27 heavy (non-hydrogen) atoms. The average molecular weight is 379 g/mol. The monoisotopic (exact) mass is 379 g/mol. The molecule has 136 valence electrons. The quantitative estimate of drug-likeness (QED) is 0.369. The van der Waals surface area contributed by atoms with Gasteiger partial charge in [0.25, 0.3) is 0 Å². The Bertz CT molecular complexity index is 931. The SMILES string of the molecule is Fc1ccccc1COc1cccc(/C=N\NC(=S)Nc2ccccc2)c1. The second-order valence-corrected chi connectivity index (χ2v) is 6.05. The van der Waals surface area contributed by atoms with E-state index in [0.717, 1.165) is 11.3 Å². The van der Waals surface area contributed by atoms with Crippen molar-refractivity contribution < 1.29 is 9.13 Å². The number of hydrazone groups is 1. The van der Waals surface area contributed by atoms with Gasteiger partial charge in [0.1, 0.15) is 18.2 Å². The van der Waals surface area contributed by atoms with Crippen LogP contribution in [-0.4, -0.2) is 11.3 Å². The van der Waals surface area contributed by atoms with Gasteiger partial charge >= 0.3 is 0 Å². The number of anilines is 1. The lowest BCUT2D eigenvalue weighted by Gasteiger charge is -2.08. The van der Waals surface area contributed by atoms with Crippen LogP contribution in [0.15, 0.2) is 84.0 Å². The normalized spacial score (nSPS) is 10.6. The maximum absolute atomic E-state index is 13.6. The Morgan fingerprint density at radius 2 is 1.78 bits per heavy atom. The van der Waals surface area contributed by atoms with Gasteiger partial charge in [0.2, 0.25) is 0 Å². The summed E-state index contributed by atoms with van der Waals surface area (Å²) in [5, 5.41) is 7.54. The zero-order chi connectivity index (χ0) is 18.9. The third kappa shape index (κ3) is 5.90. The Hall–Kier alpha value is -3.25. The van der Waals surface area contributed by atoms with Crippen molar-refractivity contribution in [2.24, 2.45) is 5.10 Å². The van der Waals surface area contributed by atoms with Crippen LogP contribution < -0.4 is 15.5 Å². The molecular formula is C21H18FN3OS. The fourth-order valence-electron chi connectivity index (χ4n) is 2.31. The molecule has 0 bridgehead atoms. The van der Waals surface area contributed by atoms with E-state index in [-0.39, 0.29) is 12.4 Å². The first-order valence-electron chi connectivity index (χ1n) is 8.32. The van der Waals surface area contributed by atoms with E-state index >= 15 is 0 Å². The second kappa shape index (κ2) is 9.45. The summed E-state index contributed by atoms with van der Waals surface area (Å²) in [7, 11) is 0. The Morgan fingerprint density at radius 1 is 1.00 bits per heavy atom. The Balaban J connectivity index is 1.53. The largest absolute Gasteiger partial charge is 0.489 e. The van der Waals surface area contributed by atoms with Crippen LogP contribution in [0.2, 0.25) is 0 Å². The van der Waals surface area contributed by atoms with Crippen molar-refractivity contribution in [2.75, 3.05) is 5.32 Å². The molecule has 0 aromatic heterocycles. The van der Waals surface area contributed by atoms with Crippen LogP contribution in [0.3, 0.4) is 0 Å². The van der Waals surface area contributed by atoms with Gasteiger partial charge in [0.05, 0.1) is 6.21 Å². The number of nitrogens with zero attached hydrogens (tertiary/aromatic N) is 1. The smallest absolute Gasteiger partial charge is 0.191 e. The van der Waals surface area contributed by atoms with Crippen molar-refractivity contribution in [3.8, 4) is 5.75 Å². The third-order valence-electron chi connectivity index (χ3n) is 3.62. The summed E-state index contributed by atoms with van der Waals surface area (Å²) >= 11 is 5.19. The minimum absolute atomic E-state index is 0.163. The summed E-state index contributed by atoms with van der Waals surface area (Å²) in [5.74, 6) is 0.353. The van der Waals surface area contributed by atoms with Crippen LogP contribution in [0.5, 0.6) is 5.75 Å². The number of hydrogen-bond donors (Lipinski definition) is 2. The molecule has 0 amide bonds. The molecule has 0 aliphatic rings. The van der Waals surface area contributed by atoms with E-state index < -0.39 is 0 Å². The van der Waals surface area contributed by atoms with Crippen molar-refractivity contribution in [1.82, 2.24) is 5.43 Å². The minimum Gasteiger partial charge on any atom is -0.489 e. The molecule has 0 heterocycles. The fourth-order valence-corrected chi connectivity index (χ4v) is 2.48. The first kappa shape index (κ1) is 18.5. The van der Waals surface area contributed by atoms with E-state index in [1.165, 1.54) is 6.07 Å². The number of halogens is 1. The van der Waals surface area contributed by atoms with Crippen molar-refractivity contribution in [2.45, 2.75) is 6.61 Å². The van der Waals surface area contributed by atoms with Gasteiger partial charge in [-0.25, -0.2) is 4.39 Å². The molecular weight excluding hydrogens is 361 g/mol. The Kier molecular flexibility index (Phi) is 6.49. The summed E-state index contributed by atoms with van der Waals surface area (Å²) in [5.41, 5.74) is 4.99. The highest BCUT2D eigenvalue weighted by molar-refractivity contribution is 7.80. The molecule has 2 N–H and O–H groups in total. The number of para-hydroxylation sites is 1. The van der Waals surface area contributed by atoms with E-state index in [2.05, 4.69) is 15.8 Å². The average Bonchev–Trinajstić information content (AvgIpc) is 2.68. The lowest BCUT2D eigenvalue weighted by atomic mass is 10.2. The van der Waals surface area contributed by atoms with E-state index in [9.17, 15) is 4.39 Å². The van der Waals surface area contributed by atoms with Gasteiger partial charge in [-0.3, -0.25) is 5.43 Å². The molecule has 0 aliphatic heterocycles. The van der Waals surface area contributed by atoms with Crippen LogP contribution in [0.4, 0.5) is 10.1 Å². The van der Waals surface area contributed by atoms with Crippen LogP contribution in [0, 0.1) is 5.82 Å². The number of benzene rings is 3. The maximum atomic E-state index is 13.6. The first-order valence-corrected chi connectivity index (χ1v) is 8.73. The standard InChI is InChI=1S/C21H18FN3OS/c22-20-12-5-4-8-17(20)15-26-19-11-6-7-16(13-19)14-23-25-21(27)24-18-9-2-1-3-10-18/h1-14H,15H2,(H2,24,25,27)/b23-14-. The summed E-state index contributed by atoms with van der Waals surface area (Å²) < 4.78 is 19.3. The maximum Gasteiger partial charge on any atom is 0.191 e. The molecule has 0 unspecified atom stereocenters. The zero-order valence-corrected chi connectivity index (χ0v) is 15.2. The highest BCUT2D eigenvalue weighted by Crippen LogP contribution is 2.15. The highest BCUT2D eigenvalue weighted by atomic mass is 32.1. The van der Waals surface area contributed by atoms with Crippen LogP contribution in [-0.2, 0) is 6.61 Å². The molecule has 0 spiro atoms. The zero-order valence-electron chi connectivity index (χ0n) is 14.4. The lowest BCUT2D eigenvalue weighted by Crippen LogP contribution is -2.23.